The lowest BCUT2D eigenvalue weighted by Gasteiger charge is -2.00. The van der Waals surface area contributed by atoms with E-state index in [9.17, 15) is 4.79 Å². The van der Waals surface area contributed by atoms with Crippen molar-refractivity contribution < 1.29 is 4.79 Å². The van der Waals surface area contributed by atoms with Gasteiger partial charge in [0.1, 0.15) is 6.33 Å². The Labute approximate surface area is 76.4 Å². The molecule has 0 aromatic carbocycles. The van der Waals surface area contributed by atoms with Gasteiger partial charge in [-0.05, 0) is 12.8 Å². The normalized spacial score (nSPS) is 15.7. The van der Waals surface area contributed by atoms with Gasteiger partial charge < -0.3 is 5.32 Å². The van der Waals surface area contributed by atoms with Crippen LogP contribution in [0.3, 0.4) is 0 Å². The Hall–Kier alpha value is -1.29. The standard InChI is InChI=1S/C9H11N3O/c13-9(5-12-8-1-2-8)7-3-10-6-11-4-7/h3-4,6,8,12H,1-2,5H2. The van der Waals surface area contributed by atoms with Gasteiger partial charge in [0, 0.05) is 18.4 Å². The maximum absolute atomic E-state index is 11.4. The lowest BCUT2D eigenvalue weighted by atomic mass is 10.2. The molecule has 1 N–H and O–H groups in total. The van der Waals surface area contributed by atoms with Gasteiger partial charge in [-0.25, -0.2) is 9.97 Å². The minimum absolute atomic E-state index is 0.0625. The molecule has 0 radical (unpaired) electrons. The zero-order chi connectivity index (χ0) is 9.10. The number of aromatic nitrogens is 2. The number of hydrogen-bond acceptors (Lipinski definition) is 4. The lowest BCUT2D eigenvalue weighted by Crippen LogP contribution is -2.24. The van der Waals surface area contributed by atoms with Crippen LogP contribution >= 0.6 is 0 Å². The first-order valence-electron chi connectivity index (χ1n) is 4.38. The van der Waals surface area contributed by atoms with Crippen molar-refractivity contribution in [1.82, 2.24) is 15.3 Å². The van der Waals surface area contributed by atoms with Gasteiger partial charge in [-0.2, -0.15) is 0 Å². The SMILES string of the molecule is O=C(CNC1CC1)c1cncnc1. The zero-order valence-corrected chi connectivity index (χ0v) is 7.23. The second-order valence-corrected chi connectivity index (χ2v) is 3.21. The molecule has 13 heavy (non-hydrogen) atoms. The summed E-state index contributed by atoms with van der Waals surface area (Å²) in [6.45, 7) is 0.401. The molecule has 1 aromatic rings. The van der Waals surface area contributed by atoms with Crippen LogP contribution in [0.25, 0.3) is 0 Å². The van der Waals surface area contributed by atoms with Crippen LogP contribution in [0.1, 0.15) is 23.2 Å². The molecule has 1 heterocycles. The Morgan fingerprint density at radius 1 is 1.46 bits per heavy atom. The minimum Gasteiger partial charge on any atom is -0.307 e. The second-order valence-electron chi connectivity index (χ2n) is 3.21. The van der Waals surface area contributed by atoms with Gasteiger partial charge in [-0.3, -0.25) is 4.79 Å². The van der Waals surface area contributed by atoms with Crippen molar-refractivity contribution in [3.63, 3.8) is 0 Å². The summed E-state index contributed by atoms with van der Waals surface area (Å²) in [5, 5.41) is 3.15. The van der Waals surface area contributed by atoms with Crippen molar-refractivity contribution >= 4 is 5.78 Å². The number of hydrogen-bond donors (Lipinski definition) is 1. The molecule has 4 nitrogen and oxygen atoms in total. The molecule has 1 aromatic heterocycles. The molecule has 0 spiro atoms. The van der Waals surface area contributed by atoms with Gasteiger partial charge in [-0.1, -0.05) is 0 Å². The van der Waals surface area contributed by atoms with E-state index in [1.165, 1.54) is 19.2 Å². The molecule has 1 aliphatic rings. The summed E-state index contributed by atoms with van der Waals surface area (Å²) in [6, 6.07) is 0.564. The predicted molar refractivity (Wildman–Crippen MR) is 47.4 cm³/mol. The summed E-state index contributed by atoms with van der Waals surface area (Å²) < 4.78 is 0. The smallest absolute Gasteiger partial charge is 0.179 e. The number of nitrogens with one attached hydrogen (secondary N) is 1. The van der Waals surface area contributed by atoms with Gasteiger partial charge in [0.05, 0.1) is 12.1 Å². The van der Waals surface area contributed by atoms with Gasteiger partial charge in [0.15, 0.2) is 5.78 Å². The first kappa shape index (κ1) is 8.31. The molecular weight excluding hydrogens is 166 g/mol. The number of Topliss-reactive ketones (excluding diaryl/α,β-unsaturated/α-hetero) is 1. The molecule has 0 unspecified atom stereocenters. The quantitative estimate of drug-likeness (QED) is 0.677. The van der Waals surface area contributed by atoms with Crippen molar-refractivity contribution in [2.24, 2.45) is 0 Å². The molecule has 0 atom stereocenters. The van der Waals surface area contributed by atoms with Crippen LogP contribution in [-0.4, -0.2) is 28.3 Å². The predicted octanol–water partition coefficient (Wildman–Crippen LogP) is 0.411. The molecular formula is C9H11N3O. The molecule has 0 saturated heterocycles. The summed E-state index contributed by atoms with van der Waals surface area (Å²) in [6.07, 6.45) is 6.90. The highest BCUT2D eigenvalue weighted by Gasteiger charge is 2.21. The summed E-state index contributed by atoms with van der Waals surface area (Å²) >= 11 is 0. The number of carbonyl (C=O) groups excluding carboxylic acids is 1. The molecule has 1 fully saturated rings. The molecule has 0 amide bonds. The van der Waals surface area contributed by atoms with E-state index in [1.807, 2.05) is 0 Å². The van der Waals surface area contributed by atoms with Gasteiger partial charge in [0.25, 0.3) is 0 Å². The topological polar surface area (TPSA) is 54.9 Å². The van der Waals surface area contributed by atoms with E-state index >= 15 is 0 Å². The third kappa shape index (κ3) is 2.32. The summed E-state index contributed by atoms with van der Waals surface area (Å²) in [4.78, 5) is 19.0. The van der Waals surface area contributed by atoms with Crippen LogP contribution in [0.2, 0.25) is 0 Å². The number of ketones is 1. The van der Waals surface area contributed by atoms with Crippen molar-refractivity contribution in [3.8, 4) is 0 Å². The number of nitrogens with zero attached hydrogens (tertiary/aromatic N) is 2. The molecule has 4 heteroatoms. The summed E-state index contributed by atoms with van der Waals surface area (Å²) in [5.74, 6) is 0.0625. The van der Waals surface area contributed by atoms with Crippen LogP contribution in [0.15, 0.2) is 18.7 Å². The average Bonchev–Trinajstić information content (AvgIpc) is 2.99. The fourth-order valence-corrected chi connectivity index (χ4v) is 1.07. The Morgan fingerprint density at radius 3 is 2.77 bits per heavy atom. The van der Waals surface area contributed by atoms with Crippen molar-refractivity contribution in [2.45, 2.75) is 18.9 Å². The van der Waals surface area contributed by atoms with E-state index in [1.54, 1.807) is 12.4 Å². The van der Waals surface area contributed by atoms with E-state index in [-0.39, 0.29) is 5.78 Å². The Kier molecular flexibility index (Phi) is 2.31. The fourth-order valence-electron chi connectivity index (χ4n) is 1.07. The largest absolute Gasteiger partial charge is 0.307 e. The highest BCUT2D eigenvalue weighted by Crippen LogP contribution is 2.18. The average molecular weight is 177 g/mol. The van der Waals surface area contributed by atoms with E-state index in [4.69, 9.17) is 0 Å². The fraction of sp³-hybridized carbons (Fsp3) is 0.444. The molecule has 2 rings (SSSR count). The van der Waals surface area contributed by atoms with Crippen LogP contribution < -0.4 is 5.32 Å². The maximum atomic E-state index is 11.4. The first-order valence-corrected chi connectivity index (χ1v) is 4.38. The highest BCUT2D eigenvalue weighted by molar-refractivity contribution is 5.97. The molecule has 1 aliphatic carbocycles. The highest BCUT2D eigenvalue weighted by atomic mass is 16.1. The Bertz CT molecular complexity index is 295. The lowest BCUT2D eigenvalue weighted by molar-refractivity contribution is 0.0990. The van der Waals surface area contributed by atoms with Gasteiger partial charge >= 0.3 is 0 Å². The van der Waals surface area contributed by atoms with Crippen LogP contribution in [-0.2, 0) is 0 Å². The van der Waals surface area contributed by atoms with Crippen LogP contribution in [0, 0.1) is 0 Å². The number of rotatable bonds is 4. The third-order valence-corrected chi connectivity index (χ3v) is 2.01. The van der Waals surface area contributed by atoms with Crippen LogP contribution in [0.5, 0.6) is 0 Å². The molecule has 1 saturated carbocycles. The van der Waals surface area contributed by atoms with E-state index in [0.717, 1.165) is 0 Å². The van der Waals surface area contributed by atoms with Gasteiger partial charge in [0.2, 0.25) is 0 Å². The maximum Gasteiger partial charge on any atom is 0.179 e. The van der Waals surface area contributed by atoms with Crippen LogP contribution in [0.4, 0.5) is 0 Å². The third-order valence-electron chi connectivity index (χ3n) is 2.01. The summed E-state index contributed by atoms with van der Waals surface area (Å²) in [7, 11) is 0. The second kappa shape index (κ2) is 3.62. The first-order chi connectivity index (χ1) is 6.36. The van der Waals surface area contributed by atoms with E-state index in [2.05, 4.69) is 15.3 Å². The molecule has 0 aliphatic heterocycles. The van der Waals surface area contributed by atoms with Crippen molar-refractivity contribution in [1.29, 1.82) is 0 Å². The van der Waals surface area contributed by atoms with Crippen molar-refractivity contribution in [2.75, 3.05) is 6.54 Å². The monoisotopic (exact) mass is 177 g/mol. The molecule has 0 bridgehead atoms. The van der Waals surface area contributed by atoms with Crippen molar-refractivity contribution in [3.05, 3.63) is 24.3 Å². The Balaban J connectivity index is 1.89. The number of carbonyl (C=O) groups is 1. The van der Waals surface area contributed by atoms with Gasteiger partial charge in [-0.15, -0.1) is 0 Å². The minimum atomic E-state index is 0.0625. The Morgan fingerprint density at radius 2 is 2.15 bits per heavy atom. The molecule has 68 valence electrons. The van der Waals surface area contributed by atoms with E-state index in [0.29, 0.717) is 18.2 Å². The zero-order valence-electron chi connectivity index (χ0n) is 7.23. The summed E-state index contributed by atoms with van der Waals surface area (Å²) in [5.41, 5.74) is 0.579. The van der Waals surface area contributed by atoms with E-state index < -0.39 is 0 Å².